The van der Waals surface area contributed by atoms with E-state index in [9.17, 15) is 19.2 Å². The van der Waals surface area contributed by atoms with Gasteiger partial charge >= 0.3 is 11.9 Å². The average Bonchev–Trinajstić information content (AvgIpc) is 3.69. The number of hydrogen-bond donors (Lipinski definition) is 2. The lowest BCUT2D eigenvalue weighted by molar-refractivity contribution is 0.0508. The zero-order valence-corrected chi connectivity index (χ0v) is 26.9. The molecule has 2 aromatic heterocycles. The first-order valence-corrected chi connectivity index (χ1v) is 15.2. The molecule has 0 atom stereocenters. The lowest BCUT2D eigenvalue weighted by Gasteiger charge is -2.11. The van der Waals surface area contributed by atoms with Gasteiger partial charge in [-0.25, -0.2) is 19.0 Å². The standard InChI is InChI=1S/C34H34N8O6/c1-5-47-33(45)27-29(31(43)35-25-15-7-21(3)8-16-25)41(39-37-27)19-23-11-13-24(14-12-23)20-42-30(28(38-40-42)34(46)48-6-2)32(44)36-26-17-9-22(4)10-18-26/h7-18H,5-6,19-20H2,1-4H3,(H,35,43)(H,36,44). The summed E-state index contributed by atoms with van der Waals surface area (Å²) >= 11 is 0. The molecule has 2 N–H and O–H groups in total. The number of carbonyl (C=O) groups excluding carboxylic acids is 4. The number of amides is 2. The van der Waals surface area contributed by atoms with E-state index in [-0.39, 0.29) is 49.1 Å². The van der Waals surface area contributed by atoms with E-state index in [4.69, 9.17) is 9.47 Å². The van der Waals surface area contributed by atoms with Gasteiger partial charge in [0.05, 0.1) is 26.3 Å². The molecule has 0 aliphatic rings. The van der Waals surface area contributed by atoms with Gasteiger partial charge in [-0.05, 0) is 63.1 Å². The van der Waals surface area contributed by atoms with Crippen LogP contribution in [0.4, 0.5) is 11.4 Å². The van der Waals surface area contributed by atoms with Crippen LogP contribution in [0.3, 0.4) is 0 Å². The zero-order chi connectivity index (χ0) is 34.2. The normalized spacial score (nSPS) is 10.8. The predicted molar refractivity (Wildman–Crippen MR) is 175 cm³/mol. The highest BCUT2D eigenvalue weighted by molar-refractivity contribution is 6.09. The number of rotatable bonds is 12. The summed E-state index contributed by atoms with van der Waals surface area (Å²) in [5.74, 6) is -2.65. The fourth-order valence-electron chi connectivity index (χ4n) is 4.72. The number of ether oxygens (including phenoxy) is 2. The number of carbonyl (C=O) groups is 4. The summed E-state index contributed by atoms with van der Waals surface area (Å²) in [5, 5.41) is 21.7. The number of aromatic nitrogens is 6. The van der Waals surface area contributed by atoms with Crippen molar-refractivity contribution < 1.29 is 28.7 Å². The number of hydrogen-bond acceptors (Lipinski definition) is 10. The van der Waals surface area contributed by atoms with Gasteiger partial charge < -0.3 is 20.1 Å². The number of nitrogens with one attached hydrogen (secondary N) is 2. The fourth-order valence-corrected chi connectivity index (χ4v) is 4.72. The summed E-state index contributed by atoms with van der Waals surface area (Å²) in [6, 6.07) is 21.7. The quantitative estimate of drug-likeness (QED) is 0.184. The topological polar surface area (TPSA) is 172 Å². The Labute approximate surface area is 276 Å². The van der Waals surface area contributed by atoms with Gasteiger partial charge in [0.15, 0.2) is 11.4 Å². The summed E-state index contributed by atoms with van der Waals surface area (Å²) in [6.07, 6.45) is 0. The van der Waals surface area contributed by atoms with Crippen molar-refractivity contribution in [2.45, 2.75) is 40.8 Å². The fraction of sp³-hybridized carbons (Fsp3) is 0.235. The van der Waals surface area contributed by atoms with Crippen LogP contribution in [0.25, 0.3) is 0 Å². The van der Waals surface area contributed by atoms with Gasteiger partial charge in [-0.1, -0.05) is 70.1 Å². The van der Waals surface area contributed by atoms with Crippen LogP contribution in [-0.2, 0) is 22.6 Å². The second kappa shape index (κ2) is 14.9. The third kappa shape index (κ3) is 7.78. The Morgan fingerprint density at radius 2 is 0.938 bits per heavy atom. The second-order valence-corrected chi connectivity index (χ2v) is 10.8. The first-order chi connectivity index (χ1) is 23.2. The minimum Gasteiger partial charge on any atom is -0.461 e. The molecule has 14 nitrogen and oxygen atoms in total. The third-order valence-corrected chi connectivity index (χ3v) is 7.14. The Balaban J connectivity index is 1.37. The molecule has 5 rings (SSSR count). The second-order valence-electron chi connectivity index (χ2n) is 10.8. The molecule has 3 aromatic carbocycles. The van der Waals surface area contributed by atoms with Crippen molar-refractivity contribution in [3.8, 4) is 0 Å². The number of esters is 2. The molecule has 0 radical (unpaired) electrons. The predicted octanol–water partition coefficient (Wildman–Crippen LogP) is 4.44. The molecule has 0 aliphatic heterocycles. The smallest absolute Gasteiger partial charge is 0.361 e. The number of nitrogens with zero attached hydrogens (tertiary/aromatic N) is 6. The number of aryl methyl sites for hydroxylation is 2. The van der Waals surface area contributed by atoms with E-state index in [1.54, 1.807) is 62.4 Å². The molecular formula is C34H34N8O6. The number of anilines is 2. The minimum absolute atomic E-state index is 0.0450. The zero-order valence-electron chi connectivity index (χ0n) is 26.9. The molecule has 48 heavy (non-hydrogen) atoms. The Morgan fingerprint density at radius 3 is 1.27 bits per heavy atom. The van der Waals surface area contributed by atoms with E-state index in [2.05, 4.69) is 31.3 Å². The van der Waals surface area contributed by atoms with Crippen LogP contribution >= 0.6 is 0 Å². The first-order valence-electron chi connectivity index (χ1n) is 15.2. The molecule has 0 aliphatic carbocycles. The van der Waals surface area contributed by atoms with Gasteiger partial charge in [0.2, 0.25) is 11.4 Å². The van der Waals surface area contributed by atoms with Gasteiger partial charge in [0, 0.05) is 11.4 Å². The van der Waals surface area contributed by atoms with Crippen LogP contribution in [0, 0.1) is 13.8 Å². The van der Waals surface area contributed by atoms with Crippen LogP contribution in [0.5, 0.6) is 0 Å². The van der Waals surface area contributed by atoms with Crippen molar-refractivity contribution in [3.63, 3.8) is 0 Å². The van der Waals surface area contributed by atoms with Crippen molar-refractivity contribution >= 4 is 35.1 Å². The van der Waals surface area contributed by atoms with E-state index in [0.29, 0.717) is 11.4 Å². The van der Waals surface area contributed by atoms with E-state index in [1.807, 2.05) is 38.1 Å². The van der Waals surface area contributed by atoms with Crippen LogP contribution in [0.2, 0.25) is 0 Å². The van der Waals surface area contributed by atoms with Crippen molar-refractivity contribution in [2.75, 3.05) is 23.8 Å². The minimum atomic E-state index is -0.759. The van der Waals surface area contributed by atoms with Crippen LogP contribution < -0.4 is 10.6 Å². The van der Waals surface area contributed by atoms with Crippen molar-refractivity contribution in [3.05, 3.63) is 118 Å². The van der Waals surface area contributed by atoms with Crippen molar-refractivity contribution in [1.82, 2.24) is 30.0 Å². The van der Waals surface area contributed by atoms with Gasteiger partial charge in [0.1, 0.15) is 0 Å². The molecule has 246 valence electrons. The molecule has 0 spiro atoms. The molecule has 5 aromatic rings. The van der Waals surface area contributed by atoms with Gasteiger partial charge in [0.25, 0.3) is 11.8 Å². The van der Waals surface area contributed by atoms with E-state index >= 15 is 0 Å². The Bertz CT molecular complexity index is 1790. The van der Waals surface area contributed by atoms with E-state index in [1.165, 1.54) is 9.36 Å². The van der Waals surface area contributed by atoms with Crippen LogP contribution in [-0.4, -0.2) is 67.0 Å². The summed E-state index contributed by atoms with van der Waals surface area (Å²) in [6.45, 7) is 7.63. The third-order valence-electron chi connectivity index (χ3n) is 7.14. The van der Waals surface area contributed by atoms with Gasteiger partial charge in [-0.2, -0.15) is 0 Å². The van der Waals surface area contributed by atoms with Crippen molar-refractivity contribution in [2.24, 2.45) is 0 Å². The highest BCUT2D eigenvalue weighted by Crippen LogP contribution is 2.18. The SMILES string of the molecule is CCOC(=O)c1nnn(Cc2ccc(Cn3nnc(C(=O)OCC)c3C(=O)Nc3ccc(C)cc3)cc2)c1C(=O)Nc1ccc(C)cc1. The highest BCUT2D eigenvalue weighted by Gasteiger charge is 2.28. The van der Waals surface area contributed by atoms with Gasteiger partial charge in [-0.3, -0.25) is 9.59 Å². The largest absolute Gasteiger partial charge is 0.461 e. The average molecular weight is 651 g/mol. The molecular weight excluding hydrogens is 616 g/mol. The Morgan fingerprint density at radius 1 is 0.583 bits per heavy atom. The molecule has 0 bridgehead atoms. The summed E-state index contributed by atoms with van der Waals surface area (Å²) in [4.78, 5) is 52.0. The molecule has 0 unspecified atom stereocenters. The Hall–Kier alpha value is -6.18. The van der Waals surface area contributed by atoms with E-state index < -0.39 is 23.8 Å². The summed E-state index contributed by atoms with van der Waals surface area (Å²) in [5.41, 5.74) is 4.15. The monoisotopic (exact) mass is 650 g/mol. The maximum atomic E-state index is 13.4. The van der Waals surface area contributed by atoms with Gasteiger partial charge in [-0.15, -0.1) is 10.2 Å². The molecule has 0 saturated carbocycles. The molecule has 2 amide bonds. The Kier molecular flexibility index (Phi) is 10.3. The highest BCUT2D eigenvalue weighted by atomic mass is 16.5. The number of benzene rings is 3. The van der Waals surface area contributed by atoms with Crippen LogP contribution in [0.15, 0.2) is 72.8 Å². The molecule has 0 saturated heterocycles. The van der Waals surface area contributed by atoms with E-state index in [0.717, 1.165) is 22.3 Å². The first kappa shape index (κ1) is 33.2. The lowest BCUT2D eigenvalue weighted by atomic mass is 10.1. The molecule has 2 heterocycles. The summed E-state index contributed by atoms with van der Waals surface area (Å²) < 4.78 is 12.9. The van der Waals surface area contributed by atoms with Crippen LogP contribution in [0.1, 0.15) is 78.1 Å². The van der Waals surface area contributed by atoms with Crippen molar-refractivity contribution in [1.29, 1.82) is 0 Å². The maximum absolute atomic E-state index is 13.4. The summed E-state index contributed by atoms with van der Waals surface area (Å²) in [7, 11) is 0. The molecule has 14 heteroatoms. The maximum Gasteiger partial charge on any atom is 0.361 e. The lowest BCUT2D eigenvalue weighted by Crippen LogP contribution is -2.22. The molecule has 0 fully saturated rings.